The van der Waals surface area contributed by atoms with Gasteiger partial charge in [0, 0.05) is 23.5 Å². The molecule has 23 heavy (non-hydrogen) atoms. The molecule has 1 heterocycles. The molecule has 0 aliphatic heterocycles. The molecule has 1 atom stereocenters. The van der Waals surface area contributed by atoms with E-state index in [1.54, 1.807) is 6.07 Å². The second kappa shape index (κ2) is 6.24. The van der Waals surface area contributed by atoms with Gasteiger partial charge in [0.1, 0.15) is 5.58 Å². The van der Waals surface area contributed by atoms with Crippen molar-refractivity contribution >= 4 is 33.4 Å². The summed E-state index contributed by atoms with van der Waals surface area (Å²) in [5, 5.41) is 0.559. The van der Waals surface area contributed by atoms with Crippen LogP contribution in [0.5, 0.6) is 0 Å². The maximum atomic E-state index is 12.6. The number of nitrogens with two attached hydrogens (primary N) is 1. The molecule has 1 fully saturated rings. The van der Waals surface area contributed by atoms with Gasteiger partial charge in [0.2, 0.25) is 10.0 Å². The van der Waals surface area contributed by atoms with Crippen LogP contribution in [0.3, 0.4) is 0 Å². The number of fused-ring (bicyclic) bond motifs is 1. The molecule has 126 valence electrons. The van der Waals surface area contributed by atoms with Crippen molar-refractivity contribution in [3.63, 3.8) is 0 Å². The SMILES string of the molecule is CC(CN)(NS(=O)(=O)c1ccc2oc(=O)ccc2c1)C1CC1.Cl. The minimum Gasteiger partial charge on any atom is -0.423 e. The fourth-order valence-corrected chi connectivity index (χ4v) is 4.11. The van der Waals surface area contributed by atoms with E-state index in [-0.39, 0.29) is 29.8 Å². The van der Waals surface area contributed by atoms with Crippen LogP contribution in [0.2, 0.25) is 0 Å². The van der Waals surface area contributed by atoms with Crippen molar-refractivity contribution in [2.75, 3.05) is 6.54 Å². The number of benzene rings is 1. The van der Waals surface area contributed by atoms with Crippen molar-refractivity contribution < 1.29 is 12.8 Å². The van der Waals surface area contributed by atoms with Crippen LogP contribution in [-0.4, -0.2) is 20.5 Å². The maximum Gasteiger partial charge on any atom is 0.336 e. The van der Waals surface area contributed by atoms with E-state index in [1.807, 2.05) is 6.92 Å². The van der Waals surface area contributed by atoms with Crippen molar-refractivity contribution in [1.29, 1.82) is 0 Å². The fourth-order valence-electron chi connectivity index (χ4n) is 2.60. The molecule has 0 amide bonds. The highest BCUT2D eigenvalue weighted by Crippen LogP contribution is 2.39. The molecule has 0 saturated heterocycles. The Morgan fingerprint density at radius 1 is 1.30 bits per heavy atom. The van der Waals surface area contributed by atoms with Crippen LogP contribution >= 0.6 is 12.4 Å². The number of nitrogens with one attached hydrogen (secondary N) is 1. The van der Waals surface area contributed by atoms with Gasteiger partial charge in [-0.2, -0.15) is 0 Å². The maximum absolute atomic E-state index is 12.6. The average Bonchev–Trinajstić information content (AvgIpc) is 3.31. The minimum absolute atomic E-state index is 0. The largest absolute Gasteiger partial charge is 0.423 e. The summed E-state index contributed by atoms with van der Waals surface area (Å²) in [6, 6.07) is 7.22. The van der Waals surface area contributed by atoms with Gasteiger partial charge in [-0.1, -0.05) is 0 Å². The van der Waals surface area contributed by atoms with Gasteiger partial charge in [0.25, 0.3) is 0 Å². The second-order valence-electron chi connectivity index (χ2n) is 5.96. The van der Waals surface area contributed by atoms with E-state index in [4.69, 9.17) is 10.2 Å². The van der Waals surface area contributed by atoms with E-state index >= 15 is 0 Å². The average molecular weight is 359 g/mol. The van der Waals surface area contributed by atoms with Gasteiger partial charge in [-0.15, -0.1) is 12.4 Å². The molecular formula is C15H19ClN2O4S. The first-order valence-electron chi connectivity index (χ1n) is 7.12. The van der Waals surface area contributed by atoms with Crippen LogP contribution in [0.4, 0.5) is 0 Å². The van der Waals surface area contributed by atoms with Gasteiger partial charge in [-0.05, 0) is 49.9 Å². The van der Waals surface area contributed by atoms with Crippen molar-refractivity contribution in [2.45, 2.75) is 30.2 Å². The lowest BCUT2D eigenvalue weighted by molar-refractivity contribution is 0.374. The van der Waals surface area contributed by atoms with Crippen molar-refractivity contribution in [2.24, 2.45) is 11.7 Å². The summed E-state index contributed by atoms with van der Waals surface area (Å²) in [5.74, 6) is 0.283. The Morgan fingerprint density at radius 2 is 2.00 bits per heavy atom. The molecule has 8 heteroatoms. The summed E-state index contributed by atoms with van der Waals surface area (Å²) in [5.41, 5.74) is 5.03. The molecule has 1 unspecified atom stereocenters. The summed E-state index contributed by atoms with van der Waals surface area (Å²) in [4.78, 5) is 11.3. The lowest BCUT2D eigenvalue weighted by Crippen LogP contribution is -2.52. The summed E-state index contributed by atoms with van der Waals surface area (Å²) < 4.78 is 32.9. The zero-order valence-electron chi connectivity index (χ0n) is 12.6. The molecule has 0 bridgehead atoms. The molecule has 0 radical (unpaired) electrons. The summed E-state index contributed by atoms with van der Waals surface area (Å²) in [6.07, 6.45) is 1.97. The standard InChI is InChI=1S/C15H18N2O4S.ClH/c1-15(9-16,11-3-4-11)17-22(19,20)12-5-6-13-10(8-12)2-7-14(18)21-13;/h2,5-8,11,17H,3-4,9,16H2,1H3;1H. The van der Waals surface area contributed by atoms with Gasteiger partial charge in [-0.3, -0.25) is 0 Å². The fraction of sp³-hybridized carbons (Fsp3) is 0.400. The molecule has 1 aliphatic rings. The molecule has 3 rings (SSSR count). The predicted molar refractivity (Wildman–Crippen MR) is 90.2 cm³/mol. The Hall–Kier alpha value is -1.41. The van der Waals surface area contributed by atoms with Gasteiger partial charge >= 0.3 is 5.63 Å². The molecule has 0 spiro atoms. The van der Waals surface area contributed by atoms with Crippen molar-refractivity contribution in [3.8, 4) is 0 Å². The normalized spacial score (nSPS) is 17.5. The molecule has 1 aromatic carbocycles. The van der Waals surface area contributed by atoms with E-state index in [0.29, 0.717) is 11.0 Å². The highest BCUT2D eigenvalue weighted by Gasteiger charge is 2.43. The lowest BCUT2D eigenvalue weighted by atomic mass is 9.98. The molecule has 1 aliphatic carbocycles. The molecular weight excluding hydrogens is 340 g/mol. The Morgan fingerprint density at radius 3 is 2.61 bits per heavy atom. The molecule has 3 N–H and O–H groups in total. The van der Waals surface area contributed by atoms with Crippen molar-refractivity contribution in [3.05, 3.63) is 40.8 Å². The molecule has 2 aromatic rings. The van der Waals surface area contributed by atoms with E-state index in [9.17, 15) is 13.2 Å². The molecule has 1 aromatic heterocycles. The van der Waals surface area contributed by atoms with Crippen LogP contribution in [0, 0.1) is 5.92 Å². The third kappa shape index (κ3) is 3.58. The minimum atomic E-state index is -3.69. The summed E-state index contributed by atoms with van der Waals surface area (Å²) >= 11 is 0. The van der Waals surface area contributed by atoms with E-state index in [1.165, 1.54) is 24.3 Å². The number of hydrogen-bond donors (Lipinski definition) is 2. The first-order chi connectivity index (χ1) is 10.3. The number of rotatable bonds is 5. The first-order valence-corrected chi connectivity index (χ1v) is 8.60. The highest BCUT2D eigenvalue weighted by molar-refractivity contribution is 7.89. The first kappa shape index (κ1) is 17.9. The number of hydrogen-bond acceptors (Lipinski definition) is 5. The van der Waals surface area contributed by atoms with E-state index in [0.717, 1.165) is 12.8 Å². The quantitative estimate of drug-likeness (QED) is 0.790. The number of sulfonamides is 1. The van der Waals surface area contributed by atoms with Crippen LogP contribution in [0.1, 0.15) is 19.8 Å². The Kier molecular flexibility index (Phi) is 4.86. The Labute approximate surface area is 140 Å². The van der Waals surface area contributed by atoms with Crippen LogP contribution in [0.15, 0.2) is 44.4 Å². The third-order valence-electron chi connectivity index (χ3n) is 4.17. The van der Waals surface area contributed by atoms with Gasteiger partial charge in [0.15, 0.2) is 0 Å². The molecule has 6 nitrogen and oxygen atoms in total. The van der Waals surface area contributed by atoms with Crippen LogP contribution in [-0.2, 0) is 10.0 Å². The van der Waals surface area contributed by atoms with Gasteiger partial charge in [0.05, 0.1) is 4.90 Å². The highest BCUT2D eigenvalue weighted by atomic mass is 35.5. The lowest BCUT2D eigenvalue weighted by Gasteiger charge is -2.29. The zero-order chi connectivity index (χ0) is 16.0. The third-order valence-corrected chi connectivity index (χ3v) is 5.78. The Bertz CT molecular complexity index is 876. The van der Waals surface area contributed by atoms with Crippen LogP contribution < -0.4 is 16.1 Å². The monoisotopic (exact) mass is 358 g/mol. The number of halogens is 1. The van der Waals surface area contributed by atoms with Crippen LogP contribution in [0.25, 0.3) is 11.0 Å². The molecule has 1 saturated carbocycles. The Balaban J connectivity index is 0.00000192. The van der Waals surface area contributed by atoms with Gasteiger partial charge in [-0.25, -0.2) is 17.9 Å². The second-order valence-corrected chi connectivity index (χ2v) is 7.64. The smallest absolute Gasteiger partial charge is 0.336 e. The van der Waals surface area contributed by atoms with Gasteiger partial charge < -0.3 is 10.2 Å². The summed E-state index contributed by atoms with van der Waals surface area (Å²) in [6.45, 7) is 2.08. The van der Waals surface area contributed by atoms with E-state index in [2.05, 4.69) is 4.72 Å². The van der Waals surface area contributed by atoms with E-state index < -0.39 is 21.2 Å². The van der Waals surface area contributed by atoms with Crippen molar-refractivity contribution in [1.82, 2.24) is 4.72 Å². The predicted octanol–water partition coefficient (Wildman–Crippen LogP) is 1.62. The zero-order valence-corrected chi connectivity index (χ0v) is 14.2. The summed E-state index contributed by atoms with van der Waals surface area (Å²) in [7, 11) is -3.69. The topological polar surface area (TPSA) is 102 Å².